The van der Waals surface area contributed by atoms with Crippen LogP contribution in [-0.4, -0.2) is 56.5 Å². The largest absolute Gasteiger partial charge is 0.383 e. The molecule has 1 saturated heterocycles. The third-order valence-electron chi connectivity index (χ3n) is 6.42. The molecule has 0 aliphatic carbocycles. The van der Waals surface area contributed by atoms with Gasteiger partial charge in [0.15, 0.2) is 0 Å². The van der Waals surface area contributed by atoms with E-state index in [9.17, 15) is 9.59 Å². The monoisotopic (exact) mass is 484 g/mol. The van der Waals surface area contributed by atoms with Gasteiger partial charge in [0.25, 0.3) is 11.8 Å². The molecule has 4 heterocycles. The van der Waals surface area contributed by atoms with Crippen molar-refractivity contribution in [2.75, 3.05) is 25.6 Å². The Bertz CT molecular complexity index is 1400. The summed E-state index contributed by atoms with van der Waals surface area (Å²) in [6.07, 6.45) is 5.12. The first-order chi connectivity index (χ1) is 17.5. The first kappa shape index (κ1) is 23.6. The Morgan fingerprint density at radius 2 is 2.03 bits per heavy atom. The van der Waals surface area contributed by atoms with E-state index in [1.165, 1.54) is 0 Å². The Morgan fingerprint density at radius 1 is 1.14 bits per heavy atom. The van der Waals surface area contributed by atoms with E-state index < -0.39 is 0 Å². The Hall–Kier alpha value is -4.11. The number of amides is 2. The van der Waals surface area contributed by atoms with Crippen LogP contribution in [0.5, 0.6) is 0 Å². The van der Waals surface area contributed by atoms with Gasteiger partial charge in [0.1, 0.15) is 11.5 Å². The molecule has 9 heteroatoms. The van der Waals surface area contributed by atoms with Crippen LogP contribution in [0.15, 0.2) is 61.1 Å². The molecule has 1 aliphatic heterocycles. The van der Waals surface area contributed by atoms with Crippen molar-refractivity contribution in [3.63, 3.8) is 0 Å². The molecule has 1 aliphatic rings. The zero-order valence-corrected chi connectivity index (χ0v) is 20.3. The minimum Gasteiger partial charge on any atom is -0.383 e. The maximum atomic E-state index is 13.5. The Kier molecular flexibility index (Phi) is 6.73. The molecular weight excluding hydrogens is 456 g/mol. The Morgan fingerprint density at radius 3 is 2.83 bits per heavy atom. The molecular formula is C27H28N6O3. The molecule has 5 rings (SSSR count). The summed E-state index contributed by atoms with van der Waals surface area (Å²) in [4.78, 5) is 41.4. The maximum Gasteiger partial charge on any atom is 0.275 e. The molecule has 2 amide bonds. The zero-order chi connectivity index (χ0) is 25.1. The molecule has 3 aromatic heterocycles. The lowest BCUT2D eigenvalue weighted by atomic mass is 10.1. The molecule has 9 nitrogen and oxygen atoms in total. The highest BCUT2D eigenvalue weighted by atomic mass is 16.5. The number of carbonyl (C=O) groups is 2. The number of nitrogens with zero attached hydrogens (tertiary/aromatic N) is 5. The SMILES string of the molecule is COCCn1cnc2cc(C(=O)N3CCC[C@@H]3c3cccc(C(=O)Nc4ccc(C)cn4)n3)ccc21. The van der Waals surface area contributed by atoms with Crippen LogP contribution in [0, 0.1) is 6.92 Å². The lowest BCUT2D eigenvalue weighted by molar-refractivity contribution is 0.0733. The van der Waals surface area contributed by atoms with Crippen molar-refractivity contribution in [2.24, 2.45) is 0 Å². The van der Waals surface area contributed by atoms with Crippen LogP contribution in [0.4, 0.5) is 5.82 Å². The van der Waals surface area contributed by atoms with E-state index in [0.29, 0.717) is 36.8 Å². The van der Waals surface area contributed by atoms with Crippen molar-refractivity contribution in [3.8, 4) is 0 Å². The van der Waals surface area contributed by atoms with Gasteiger partial charge in [-0.3, -0.25) is 9.59 Å². The molecule has 0 radical (unpaired) electrons. The fourth-order valence-corrected chi connectivity index (χ4v) is 4.53. The number of methoxy groups -OCH3 is 1. The molecule has 184 valence electrons. The summed E-state index contributed by atoms with van der Waals surface area (Å²) >= 11 is 0. The molecule has 1 N–H and O–H groups in total. The fraction of sp³-hybridized carbons (Fsp3) is 0.296. The second kappa shape index (κ2) is 10.2. The number of fused-ring (bicyclic) bond motifs is 1. The maximum absolute atomic E-state index is 13.5. The van der Waals surface area contributed by atoms with Crippen molar-refractivity contribution < 1.29 is 14.3 Å². The van der Waals surface area contributed by atoms with Crippen LogP contribution >= 0.6 is 0 Å². The zero-order valence-electron chi connectivity index (χ0n) is 20.3. The summed E-state index contributed by atoms with van der Waals surface area (Å²) in [5.41, 5.74) is 4.33. The van der Waals surface area contributed by atoms with Gasteiger partial charge in [0.2, 0.25) is 0 Å². The Balaban J connectivity index is 1.34. The van der Waals surface area contributed by atoms with E-state index in [0.717, 1.165) is 29.4 Å². The predicted molar refractivity (Wildman–Crippen MR) is 136 cm³/mol. The van der Waals surface area contributed by atoms with Gasteiger partial charge in [-0.1, -0.05) is 12.1 Å². The average molecular weight is 485 g/mol. The number of pyridine rings is 2. The number of anilines is 1. The molecule has 0 saturated carbocycles. The lowest BCUT2D eigenvalue weighted by Gasteiger charge is -2.24. The van der Waals surface area contributed by atoms with Gasteiger partial charge < -0.3 is 19.5 Å². The number of aryl methyl sites for hydroxylation is 1. The van der Waals surface area contributed by atoms with E-state index in [4.69, 9.17) is 4.74 Å². The number of carbonyl (C=O) groups excluding carboxylic acids is 2. The van der Waals surface area contributed by atoms with Crippen molar-refractivity contribution in [3.05, 3.63) is 83.6 Å². The van der Waals surface area contributed by atoms with Gasteiger partial charge in [-0.2, -0.15) is 0 Å². The highest BCUT2D eigenvalue weighted by Crippen LogP contribution is 2.32. The summed E-state index contributed by atoms with van der Waals surface area (Å²) in [6, 6.07) is 14.4. The van der Waals surface area contributed by atoms with Gasteiger partial charge in [0.05, 0.1) is 35.7 Å². The van der Waals surface area contributed by atoms with Crippen LogP contribution in [0.25, 0.3) is 11.0 Å². The minimum atomic E-state index is -0.335. The van der Waals surface area contributed by atoms with Gasteiger partial charge in [-0.15, -0.1) is 0 Å². The third kappa shape index (κ3) is 4.83. The van der Waals surface area contributed by atoms with E-state index in [1.807, 2.05) is 46.7 Å². The second-order valence-corrected chi connectivity index (χ2v) is 8.91. The molecule has 1 atom stereocenters. The van der Waals surface area contributed by atoms with Gasteiger partial charge >= 0.3 is 0 Å². The lowest BCUT2D eigenvalue weighted by Crippen LogP contribution is -2.31. The van der Waals surface area contributed by atoms with E-state index >= 15 is 0 Å². The highest BCUT2D eigenvalue weighted by molar-refractivity contribution is 6.02. The number of benzene rings is 1. The summed E-state index contributed by atoms with van der Waals surface area (Å²) < 4.78 is 7.17. The van der Waals surface area contributed by atoms with E-state index in [2.05, 4.69) is 20.3 Å². The first-order valence-corrected chi connectivity index (χ1v) is 12.0. The summed E-state index contributed by atoms with van der Waals surface area (Å²) in [5, 5.41) is 2.78. The number of imidazole rings is 1. The second-order valence-electron chi connectivity index (χ2n) is 8.91. The number of aromatic nitrogens is 4. The van der Waals surface area contributed by atoms with E-state index in [1.54, 1.807) is 37.8 Å². The van der Waals surface area contributed by atoms with Crippen molar-refractivity contribution in [1.82, 2.24) is 24.4 Å². The molecule has 0 unspecified atom stereocenters. The smallest absolute Gasteiger partial charge is 0.275 e. The molecule has 1 fully saturated rings. The molecule has 36 heavy (non-hydrogen) atoms. The van der Waals surface area contributed by atoms with Crippen molar-refractivity contribution in [1.29, 1.82) is 0 Å². The van der Waals surface area contributed by atoms with Crippen molar-refractivity contribution >= 4 is 28.7 Å². The number of hydrogen-bond donors (Lipinski definition) is 1. The Labute approximate surface area is 209 Å². The third-order valence-corrected chi connectivity index (χ3v) is 6.42. The van der Waals surface area contributed by atoms with Crippen LogP contribution in [-0.2, 0) is 11.3 Å². The average Bonchev–Trinajstić information content (AvgIpc) is 3.55. The number of likely N-dealkylation sites (tertiary alicyclic amines) is 1. The normalized spacial score (nSPS) is 15.4. The number of hydrogen-bond acceptors (Lipinski definition) is 6. The summed E-state index contributed by atoms with van der Waals surface area (Å²) in [6.45, 7) is 3.86. The number of rotatable bonds is 7. The van der Waals surface area contributed by atoms with Gasteiger partial charge in [-0.05, 0) is 61.7 Å². The number of nitrogens with one attached hydrogen (secondary N) is 1. The van der Waals surface area contributed by atoms with Crippen LogP contribution in [0.2, 0.25) is 0 Å². The molecule has 0 spiro atoms. The predicted octanol–water partition coefficient (Wildman–Crippen LogP) is 4.01. The fourth-order valence-electron chi connectivity index (χ4n) is 4.53. The topological polar surface area (TPSA) is 102 Å². The summed E-state index contributed by atoms with van der Waals surface area (Å²) in [5.74, 6) is 0.0699. The van der Waals surface area contributed by atoms with Gasteiger partial charge in [-0.25, -0.2) is 15.0 Å². The van der Waals surface area contributed by atoms with Crippen LogP contribution in [0.1, 0.15) is 51.0 Å². The first-order valence-electron chi connectivity index (χ1n) is 12.0. The standard InChI is InChI=1S/C27H28N6O3/c1-18-8-11-25(28-16-18)31-26(34)21-6-3-5-20(30-21)24-7-4-12-33(24)27(35)19-9-10-23-22(15-19)29-17-32(23)13-14-36-2/h3,5-6,8-11,15-17,24H,4,7,12-14H2,1-2H3,(H,28,31,34)/t24-/m1/s1. The van der Waals surface area contributed by atoms with Crippen molar-refractivity contribution in [2.45, 2.75) is 32.4 Å². The minimum absolute atomic E-state index is 0.0636. The number of ether oxygens (including phenoxy) is 1. The molecule has 4 aromatic rings. The summed E-state index contributed by atoms with van der Waals surface area (Å²) in [7, 11) is 1.67. The molecule has 0 bridgehead atoms. The van der Waals surface area contributed by atoms with Gasteiger partial charge in [0, 0.05) is 32.0 Å². The molecule has 1 aromatic carbocycles. The highest BCUT2D eigenvalue weighted by Gasteiger charge is 2.32. The quantitative estimate of drug-likeness (QED) is 0.425. The van der Waals surface area contributed by atoms with Crippen LogP contribution < -0.4 is 5.32 Å². The van der Waals surface area contributed by atoms with Crippen LogP contribution in [0.3, 0.4) is 0 Å². The van der Waals surface area contributed by atoms with E-state index in [-0.39, 0.29) is 23.6 Å².